The van der Waals surface area contributed by atoms with Crippen molar-refractivity contribution in [2.24, 2.45) is 10.9 Å². The molecule has 2 N–H and O–H groups in total. The van der Waals surface area contributed by atoms with Crippen molar-refractivity contribution in [3.05, 3.63) is 0 Å². The van der Waals surface area contributed by atoms with Crippen molar-refractivity contribution in [3.8, 4) is 0 Å². The third-order valence-corrected chi connectivity index (χ3v) is 5.12. The number of hydrogen-bond donors (Lipinski definition) is 2. The normalized spacial score (nSPS) is 18.8. The van der Waals surface area contributed by atoms with E-state index in [1.54, 1.807) is 7.05 Å². The van der Waals surface area contributed by atoms with E-state index in [4.69, 9.17) is 4.74 Å². The van der Waals surface area contributed by atoms with Gasteiger partial charge >= 0.3 is 6.09 Å². The van der Waals surface area contributed by atoms with Gasteiger partial charge in [0.1, 0.15) is 5.60 Å². The van der Waals surface area contributed by atoms with Crippen LogP contribution in [0, 0.1) is 5.92 Å². The predicted molar refractivity (Wildman–Crippen MR) is 120 cm³/mol. The fourth-order valence-corrected chi connectivity index (χ4v) is 3.62. The van der Waals surface area contributed by atoms with Gasteiger partial charge in [0.25, 0.3) is 0 Å². The van der Waals surface area contributed by atoms with Crippen molar-refractivity contribution < 1.29 is 14.3 Å². The second-order valence-corrected chi connectivity index (χ2v) is 10.5. The van der Waals surface area contributed by atoms with Gasteiger partial charge in [-0.1, -0.05) is 0 Å². The molecule has 30 heavy (non-hydrogen) atoms. The largest absolute Gasteiger partial charge is 0.444 e. The molecule has 8 heteroatoms. The van der Waals surface area contributed by atoms with Crippen LogP contribution in [-0.4, -0.2) is 78.2 Å². The van der Waals surface area contributed by atoms with Crippen LogP contribution in [0.4, 0.5) is 4.79 Å². The number of likely N-dealkylation sites (tertiary alicyclic amines) is 1. The third kappa shape index (κ3) is 8.40. The SMILES string of the molecule is CN=C(NCC(=O)NC(C)(C)C)N1CCC(N(CC2CC2)C(=O)OC(C)(C)C)CC1. The molecule has 1 aliphatic heterocycles. The van der Waals surface area contributed by atoms with Crippen LogP contribution in [0.2, 0.25) is 0 Å². The molecule has 0 spiro atoms. The Morgan fingerprint density at radius 2 is 1.67 bits per heavy atom. The molecule has 2 rings (SSSR count). The molecular weight excluding hydrogens is 382 g/mol. The highest BCUT2D eigenvalue weighted by atomic mass is 16.6. The molecule has 2 aliphatic rings. The van der Waals surface area contributed by atoms with Crippen molar-refractivity contribution in [2.45, 2.75) is 84.4 Å². The van der Waals surface area contributed by atoms with Gasteiger partial charge < -0.3 is 25.2 Å². The van der Waals surface area contributed by atoms with E-state index in [0.717, 1.165) is 38.4 Å². The molecule has 0 aromatic carbocycles. The summed E-state index contributed by atoms with van der Waals surface area (Å²) in [5.74, 6) is 1.29. The molecule has 1 aliphatic carbocycles. The maximum atomic E-state index is 12.8. The topological polar surface area (TPSA) is 86.3 Å². The first-order valence-electron chi connectivity index (χ1n) is 11.1. The monoisotopic (exact) mass is 423 g/mol. The lowest BCUT2D eigenvalue weighted by Crippen LogP contribution is -2.54. The average molecular weight is 424 g/mol. The number of guanidine groups is 1. The number of rotatable bonds is 5. The molecule has 0 atom stereocenters. The minimum absolute atomic E-state index is 0.0564. The fourth-order valence-electron chi connectivity index (χ4n) is 3.62. The average Bonchev–Trinajstić information content (AvgIpc) is 3.42. The molecule has 0 bridgehead atoms. The van der Waals surface area contributed by atoms with Gasteiger partial charge in [0, 0.05) is 38.3 Å². The van der Waals surface area contributed by atoms with Gasteiger partial charge in [-0.3, -0.25) is 9.79 Å². The van der Waals surface area contributed by atoms with Crippen molar-refractivity contribution in [3.63, 3.8) is 0 Å². The molecular formula is C22H41N5O3. The number of hydrogen-bond acceptors (Lipinski definition) is 4. The van der Waals surface area contributed by atoms with E-state index in [0.29, 0.717) is 5.92 Å². The summed E-state index contributed by atoms with van der Waals surface area (Å²) >= 11 is 0. The third-order valence-electron chi connectivity index (χ3n) is 5.12. The van der Waals surface area contributed by atoms with Gasteiger partial charge in [-0.15, -0.1) is 0 Å². The summed E-state index contributed by atoms with van der Waals surface area (Å²) in [6, 6.07) is 0.180. The smallest absolute Gasteiger partial charge is 0.410 e. The standard InChI is InChI=1S/C22H41N5O3/c1-21(2,3)25-18(28)14-24-19(23-7)26-12-10-17(11-13-26)27(15-16-8-9-16)20(29)30-22(4,5)6/h16-17H,8-15H2,1-7H3,(H,23,24)(H,25,28). The molecule has 0 aromatic heterocycles. The van der Waals surface area contributed by atoms with E-state index >= 15 is 0 Å². The van der Waals surface area contributed by atoms with Crippen molar-refractivity contribution in [1.29, 1.82) is 0 Å². The second-order valence-electron chi connectivity index (χ2n) is 10.5. The zero-order valence-corrected chi connectivity index (χ0v) is 19.9. The molecule has 2 fully saturated rings. The highest BCUT2D eigenvalue weighted by molar-refractivity contribution is 5.86. The van der Waals surface area contributed by atoms with Crippen molar-refractivity contribution >= 4 is 18.0 Å². The Morgan fingerprint density at radius 1 is 1.07 bits per heavy atom. The Bertz CT molecular complexity index is 624. The van der Waals surface area contributed by atoms with Gasteiger partial charge in [0.15, 0.2) is 5.96 Å². The number of nitrogens with one attached hydrogen (secondary N) is 2. The number of nitrogens with zero attached hydrogens (tertiary/aromatic N) is 3. The van der Waals surface area contributed by atoms with Crippen LogP contribution in [0.5, 0.6) is 0 Å². The number of carbonyl (C=O) groups excluding carboxylic acids is 2. The lowest BCUT2D eigenvalue weighted by molar-refractivity contribution is -0.121. The van der Waals surface area contributed by atoms with Gasteiger partial charge in [-0.25, -0.2) is 4.79 Å². The molecule has 0 aromatic rings. The Kier molecular flexibility index (Phi) is 7.99. The first-order valence-corrected chi connectivity index (χ1v) is 11.1. The number of amides is 2. The van der Waals surface area contributed by atoms with Gasteiger partial charge in [0.2, 0.25) is 5.91 Å². The van der Waals surface area contributed by atoms with Gasteiger partial charge in [-0.2, -0.15) is 0 Å². The van der Waals surface area contributed by atoms with Crippen molar-refractivity contribution in [2.75, 3.05) is 33.2 Å². The number of aliphatic imine (C=N–C) groups is 1. The quantitative estimate of drug-likeness (QED) is 0.524. The zero-order chi connectivity index (χ0) is 22.5. The van der Waals surface area contributed by atoms with Crippen LogP contribution in [0.15, 0.2) is 4.99 Å². The van der Waals surface area contributed by atoms with Crippen LogP contribution >= 0.6 is 0 Å². The Morgan fingerprint density at radius 3 is 2.13 bits per heavy atom. The first kappa shape index (κ1) is 24.3. The van der Waals surface area contributed by atoms with E-state index in [1.807, 2.05) is 46.4 Å². The second kappa shape index (κ2) is 9.88. The minimum atomic E-state index is -0.487. The van der Waals surface area contributed by atoms with Crippen LogP contribution in [-0.2, 0) is 9.53 Å². The summed E-state index contributed by atoms with van der Waals surface area (Å²) in [4.78, 5) is 33.3. The summed E-state index contributed by atoms with van der Waals surface area (Å²) in [6.07, 6.45) is 3.92. The van der Waals surface area contributed by atoms with E-state index in [1.165, 1.54) is 12.8 Å². The summed E-state index contributed by atoms with van der Waals surface area (Å²) in [5.41, 5.74) is -0.744. The molecule has 172 valence electrons. The Hall–Kier alpha value is -1.99. The molecule has 1 heterocycles. The lowest BCUT2D eigenvalue weighted by atomic mass is 10.0. The highest BCUT2D eigenvalue weighted by Crippen LogP contribution is 2.32. The van der Waals surface area contributed by atoms with E-state index < -0.39 is 5.60 Å². The van der Waals surface area contributed by atoms with E-state index in [9.17, 15) is 9.59 Å². The molecule has 0 unspecified atom stereocenters. The van der Waals surface area contributed by atoms with Crippen LogP contribution < -0.4 is 10.6 Å². The van der Waals surface area contributed by atoms with Gasteiger partial charge in [-0.05, 0) is 73.1 Å². The summed E-state index contributed by atoms with van der Waals surface area (Å²) in [7, 11) is 1.73. The molecule has 0 radical (unpaired) electrons. The summed E-state index contributed by atoms with van der Waals surface area (Å²) < 4.78 is 5.67. The fraction of sp³-hybridized carbons (Fsp3) is 0.864. The van der Waals surface area contributed by atoms with Crippen LogP contribution in [0.25, 0.3) is 0 Å². The lowest BCUT2D eigenvalue weighted by Gasteiger charge is -2.40. The Labute approximate surface area is 181 Å². The number of ether oxygens (including phenoxy) is 1. The van der Waals surface area contributed by atoms with E-state index in [-0.39, 0.29) is 30.1 Å². The predicted octanol–water partition coefficient (Wildman–Crippen LogP) is 2.59. The molecule has 1 saturated carbocycles. The van der Waals surface area contributed by atoms with Crippen LogP contribution in [0.1, 0.15) is 67.2 Å². The van der Waals surface area contributed by atoms with Gasteiger partial charge in [0.05, 0.1) is 6.54 Å². The van der Waals surface area contributed by atoms with E-state index in [2.05, 4.69) is 20.5 Å². The molecule has 2 amide bonds. The maximum Gasteiger partial charge on any atom is 0.410 e. The number of piperidine rings is 1. The minimum Gasteiger partial charge on any atom is -0.444 e. The Balaban J connectivity index is 1.88. The summed E-state index contributed by atoms with van der Waals surface area (Å²) in [5, 5.41) is 6.11. The highest BCUT2D eigenvalue weighted by Gasteiger charge is 2.35. The first-order chi connectivity index (χ1) is 13.9. The number of carbonyl (C=O) groups is 2. The van der Waals surface area contributed by atoms with Crippen LogP contribution in [0.3, 0.4) is 0 Å². The molecule has 1 saturated heterocycles. The van der Waals surface area contributed by atoms with Crippen molar-refractivity contribution in [1.82, 2.24) is 20.4 Å². The summed E-state index contributed by atoms with van der Waals surface area (Å²) in [6.45, 7) is 14.2. The molecule has 8 nitrogen and oxygen atoms in total. The maximum absolute atomic E-state index is 12.8. The zero-order valence-electron chi connectivity index (χ0n) is 19.9.